The molecule has 1 N–H and O–H groups in total. The number of nitrogens with zero attached hydrogens (tertiary/aromatic N) is 3. The maximum atomic E-state index is 8.79. The monoisotopic (exact) mass is 204 g/mol. The summed E-state index contributed by atoms with van der Waals surface area (Å²) in [6.07, 6.45) is 4.16. The Bertz CT molecular complexity index is 368. The maximum absolute atomic E-state index is 8.79. The Morgan fingerprint density at radius 1 is 1.53 bits per heavy atom. The summed E-state index contributed by atoms with van der Waals surface area (Å²) in [5.41, 5.74) is 0.344. The fourth-order valence-electron chi connectivity index (χ4n) is 1.53. The smallest absolute Gasteiger partial charge is 0.182 e. The van der Waals surface area contributed by atoms with E-state index in [4.69, 9.17) is 10.00 Å². The van der Waals surface area contributed by atoms with Gasteiger partial charge in [0.25, 0.3) is 0 Å². The van der Waals surface area contributed by atoms with Gasteiger partial charge in [-0.25, -0.2) is 9.97 Å². The normalized spacial score (nSPS) is 19.8. The van der Waals surface area contributed by atoms with Crippen LogP contribution in [0.2, 0.25) is 0 Å². The highest BCUT2D eigenvalue weighted by Gasteiger charge is 2.15. The predicted octanol–water partition coefficient (Wildman–Crippen LogP) is 0.797. The third-order valence-electron chi connectivity index (χ3n) is 2.39. The zero-order valence-corrected chi connectivity index (χ0v) is 8.31. The van der Waals surface area contributed by atoms with E-state index in [-0.39, 0.29) is 0 Å². The maximum Gasteiger partial charge on any atom is 0.182 e. The molecule has 1 saturated heterocycles. The molecule has 1 aromatic heterocycles. The summed E-state index contributed by atoms with van der Waals surface area (Å²) in [4.78, 5) is 8.00. The molecule has 2 rings (SSSR count). The summed E-state index contributed by atoms with van der Waals surface area (Å²) in [7, 11) is 0. The number of hydrogen-bond donors (Lipinski definition) is 1. The van der Waals surface area contributed by atoms with Gasteiger partial charge in [0.1, 0.15) is 6.07 Å². The molecule has 0 aromatic carbocycles. The number of rotatable bonds is 3. The highest BCUT2D eigenvalue weighted by molar-refractivity contribution is 5.46. The molecule has 0 radical (unpaired) electrons. The van der Waals surface area contributed by atoms with Gasteiger partial charge >= 0.3 is 0 Å². The number of anilines is 1. The Morgan fingerprint density at radius 3 is 3.13 bits per heavy atom. The molecule has 2 heterocycles. The minimum Gasteiger partial charge on any atom is -0.381 e. The Kier molecular flexibility index (Phi) is 3.10. The van der Waals surface area contributed by atoms with Gasteiger partial charge in [-0.05, 0) is 6.42 Å². The molecule has 1 aliphatic heterocycles. The second-order valence-corrected chi connectivity index (χ2v) is 3.48. The van der Waals surface area contributed by atoms with Crippen LogP contribution in [0.4, 0.5) is 5.82 Å². The first-order chi connectivity index (χ1) is 7.40. The lowest BCUT2D eigenvalue weighted by Crippen LogP contribution is -2.15. The molecule has 5 nitrogen and oxygen atoms in total. The first-order valence-electron chi connectivity index (χ1n) is 4.93. The van der Waals surface area contributed by atoms with Gasteiger partial charge in [-0.2, -0.15) is 5.26 Å². The minimum absolute atomic E-state index is 0.344. The molecule has 1 fully saturated rings. The van der Waals surface area contributed by atoms with E-state index in [1.807, 2.05) is 6.07 Å². The molecular formula is C10H12N4O. The molecule has 1 atom stereocenters. The van der Waals surface area contributed by atoms with E-state index in [1.54, 1.807) is 6.20 Å². The highest BCUT2D eigenvalue weighted by atomic mass is 16.5. The van der Waals surface area contributed by atoms with E-state index in [0.717, 1.165) is 26.2 Å². The zero-order chi connectivity index (χ0) is 10.5. The summed E-state index contributed by atoms with van der Waals surface area (Å²) in [5.74, 6) is 1.07. The van der Waals surface area contributed by atoms with E-state index >= 15 is 0 Å². The van der Waals surface area contributed by atoms with Crippen molar-refractivity contribution in [2.75, 3.05) is 25.1 Å². The molecule has 0 amide bonds. The fourth-order valence-corrected chi connectivity index (χ4v) is 1.53. The number of nitriles is 1. The molecule has 0 aliphatic carbocycles. The second-order valence-electron chi connectivity index (χ2n) is 3.48. The molecule has 15 heavy (non-hydrogen) atoms. The first kappa shape index (κ1) is 9.87. The summed E-state index contributed by atoms with van der Waals surface area (Å²) >= 11 is 0. The Morgan fingerprint density at radius 2 is 2.40 bits per heavy atom. The van der Waals surface area contributed by atoms with Crippen LogP contribution >= 0.6 is 0 Å². The van der Waals surface area contributed by atoms with Gasteiger partial charge in [0.05, 0.1) is 6.61 Å². The lowest BCUT2D eigenvalue weighted by Gasteiger charge is -2.09. The zero-order valence-electron chi connectivity index (χ0n) is 8.31. The molecule has 1 aliphatic rings. The Hall–Kier alpha value is -1.67. The largest absolute Gasteiger partial charge is 0.381 e. The highest BCUT2D eigenvalue weighted by Crippen LogP contribution is 2.14. The third-order valence-corrected chi connectivity index (χ3v) is 2.39. The van der Waals surface area contributed by atoms with Crippen LogP contribution in [0.25, 0.3) is 0 Å². The van der Waals surface area contributed by atoms with Crippen LogP contribution in [-0.4, -0.2) is 29.7 Å². The van der Waals surface area contributed by atoms with Crippen molar-refractivity contribution in [1.82, 2.24) is 9.97 Å². The van der Waals surface area contributed by atoms with E-state index in [9.17, 15) is 0 Å². The average molecular weight is 204 g/mol. The molecule has 5 heteroatoms. The molecule has 0 bridgehead atoms. The van der Waals surface area contributed by atoms with Crippen molar-refractivity contribution in [1.29, 1.82) is 5.26 Å². The molecule has 0 spiro atoms. The van der Waals surface area contributed by atoms with E-state index in [1.165, 1.54) is 6.20 Å². The van der Waals surface area contributed by atoms with Gasteiger partial charge in [0, 0.05) is 31.5 Å². The topological polar surface area (TPSA) is 70.8 Å². The van der Waals surface area contributed by atoms with Crippen molar-refractivity contribution in [2.45, 2.75) is 6.42 Å². The van der Waals surface area contributed by atoms with Gasteiger partial charge in [0.15, 0.2) is 11.5 Å². The van der Waals surface area contributed by atoms with Crippen LogP contribution < -0.4 is 5.32 Å². The second kappa shape index (κ2) is 4.71. The van der Waals surface area contributed by atoms with Gasteiger partial charge in [0.2, 0.25) is 0 Å². The molecular weight excluding hydrogens is 192 g/mol. The minimum atomic E-state index is 0.344. The van der Waals surface area contributed by atoms with Gasteiger partial charge < -0.3 is 10.1 Å². The SMILES string of the molecule is N#Cc1nccnc1NCC1CCOC1. The van der Waals surface area contributed by atoms with Crippen LogP contribution in [0.5, 0.6) is 0 Å². The number of ether oxygens (including phenoxy) is 1. The van der Waals surface area contributed by atoms with Crippen LogP contribution in [-0.2, 0) is 4.74 Å². The third kappa shape index (κ3) is 2.42. The van der Waals surface area contributed by atoms with Crippen molar-refractivity contribution in [3.8, 4) is 6.07 Å². The number of nitrogens with one attached hydrogen (secondary N) is 1. The Balaban J connectivity index is 1.95. The number of hydrogen-bond acceptors (Lipinski definition) is 5. The van der Waals surface area contributed by atoms with E-state index in [2.05, 4.69) is 15.3 Å². The fraction of sp³-hybridized carbons (Fsp3) is 0.500. The van der Waals surface area contributed by atoms with Crippen molar-refractivity contribution in [3.05, 3.63) is 18.1 Å². The summed E-state index contributed by atoms with van der Waals surface area (Å²) in [6.45, 7) is 2.40. The van der Waals surface area contributed by atoms with Crippen LogP contribution in [0.1, 0.15) is 12.1 Å². The predicted molar refractivity (Wildman–Crippen MR) is 54.2 cm³/mol. The van der Waals surface area contributed by atoms with Crippen LogP contribution in [0.3, 0.4) is 0 Å². The molecule has 1 aromatic rings. The van der Waals surface area contributed by atoms with Crippen molar-refractivity contribution < 1.29 is 4.74 Å². The number of aromatic nitrogens is 2. The van der Waals surface area contributed by atoms with Crippen molar-refractivity contribution >= 4 is 5.82 Å². The summed E-state index contributed by atoms with van der Waals surface area (Å²) in [5, 5.41) is 11.9. The Labute approximate surface area is 88.1 Å². The van der Waals surface area contributed by atoms with Crippen molar-refractivity contribution in [3.63, 3.8) is 0 Å². The lowest BCUT2D eigenvalue weighted by atomic mass is 10.1. The lowest BCUT2D eigenvalue weighted by molar-refractivity contribution is 0.187. The molecule has 1 unspecified atom stereocenters. The van der Waals surface area contributed by atoms with E-state index < -0.39 is 0 Å². The quantitative estimate of drug-likeness (QED) is 0.788. The molecule has 78 valence electrons. The van der Waals surface area contributed by atoms with Crippen LogP contribution in [0.15, 0.2) is 12.4 Å². The van der Waals surface area contributed by atoms with Gasteiger partial charge in [-0.3, -0.25) is 0 Å². The average Bonchev–Trinajstić information content (AvgIpc) is 2.79. The van der Waals surface area contributed by atoms with Gasteiger partial charge in [-0.15, -0.1) is 0 Å². The van der Waals surface area contributed by atoms with Gasteiger partial charge in [-0.1, -0.05) is 0 Å². The van der Waals surface area contributed by atoms with E-state index in [0.29, 0.717) is 17.4 Å². The summed E-state index contributed by atoms with van der Waals surface area (Å²) in [6, 6.07) is 2.00. The standard InChI is InChI=1S/C10H12N4O/c11-5-9-10(13-3-2-12-9)14-6-8-1-4-15-7-8/h2-3,8H,1,4,6-7H2,(H,13,14). The summed E-state index contributed by atoms with van der Waals surface area (Å²) < 4.78 is 5.26. The first-order valence-corrected chi connectivity index (χ1v) is 4.93. The molecule has 0 saturated carbocycles. The van der Waals surface area contributed by atoms with Crippen LogP contribution in [0, 0.1) is 17.2 Å². The van der Waals surface area contributed by atoms with Crippen molar-refractivity contribution in [2.24, 2.45) is 5.92 Å².